The van der Waals surface area contributed by atoms with E-state index < -0.39 is 67.3 Å². The molecule has 1 saturated heterocycles. The van der Waals surface area contributed by atoms with Crippen LogP contribution >= 0.6 is 0 Å². The Bertz CT molecular complexity index is 1480. The van der Waals surface area contributed by atoms with E-state index in [1.807, 2.05) is 12.2 Å². The molecular formula is C57H94O12. The summed E-state index contributed by atoms with van der Waals surface area (Å²) in [5.41, 5.74) is 0. The highest BCUT2D eigenvalue weighted by Crippen LogP contribution is 2.26. The van der Waals surface area contributed by atoms with Crippen molar-refractivity contribution in [2.45, 2.75) is 250 Å². The summed E-state index contributed by atoms with van der Waals surface area (Å²) in [5.74, 6) is -3.29. The third kappa shape index (κ3) is 35.8. The van der Waals surface area contributed by atoms with E-state index >= 15 is 0 Å². The number of unbranched alkanes of at least 4 members (excludes halogenated alkanes) is 19. The zero-order valence-corrected chi connectivity index (χ0v) is 43.0. The number of ether oxygens (including phenoxy) is 5. The number of aliphatic hydroxyl groups excluding tert-OH is 2. The fourth-order valence-corrected chi connectivity index (χ4v) is 7.66. The van der Waals surface area contributed by atoms with Crippen LogP contribution in [0.2, 0.25) is 0 Å². The van der Waals surface area contributed by atoms with Gasteiger partial charge in [-0.15, -0.1) is 0 Å². The van der Waals surface area contributed by atoms with E-state index in [9.17, 15) is 34.5 Å². The van der Waals surface area contributed by atoms with Crippen LogP contribution in [0.25, 0.3) is 0 Å². The van der Waals surface area contributed by atoms with Gasteiger partial charge in [0.25, 0.3) is 0 Å². The SMILES string of the molecule is CC/C=C\C/C=C\C/C=C\C/C=C\C/C=C\CC(=O)OC1C(OCC(COC(=O)CCCCCCCCCCCCCCC)OC(=O)CCCCCCC/C=C\CCCC)OC(C(=O)O)C(O)C1O. The van der Waals surface area contributed by atoms with Crippen molar-refractivity contribution in [1.82, 2.24) is 0 Å². The summed E-state index contributed by atoms with van der Waals surface area (Å²) in [6.07, 6.45) is 43.4. The molecular weight excluding hydrogens is 877 g/mol. The number of hydrogen-bond donors (Lipinski definition) is 3. The first kappa shape index (κ1) is 63.2. The smallest absolute Gasteiger partial charge is 0.335 e. The van der Waals surface area contributed by atoms with Gasteiger partial charge in [0, 0.05) is 12.8 Å². The zero-order chi connectivity index (χ0) is 50.4. The van der Waals surface area contributed by atoms with Crippen LogP contribution in [0.5, 0.6) is 0 Å². The first-order valence-electron chi connectivity index (χ1n) is 26.9. The van der Waals surface area contributed by atoms with Gasteiger partial charge in [-0.2, -0.15) is 0 Å². The molecule has 1 rings (SSSR count). The number of esters is 3. The van der Waals surface area contributed by atoms with Gasteiger partial charge in [-0.05, 0) is 64.2 Å². The Balaban J connectivity index is 2.78. The molecule has 0 amide bonds. The Hall–Kier alpha value is -3.84. The Morgan fingerprint density at radius 2 is 0.971 bits per heavy atom. The highest BCUT2D eigenvalue weighted by atomic mass is 16.7. The molecule has 0 aromatic rings. The number of carbonyl (C=O) groups excluding carboxylic acids is 3. The highest BCUT2D eigenvalue weighted by molar-refractivity contribution is 5.74. The number of aliphatic hydroxyl groups is 2. The normalized spacial score (nSPS) is 19.2. The van der Waals surface area contributed by atoms with Crippen LogP contribution in [-0.2, 0) is 42.9 Å². The number of rotatable bonds is 44. The van der Waals surface area contributed by atoms with Crippen molar-refractivity contribution in [2.75, 3.05) is 13.2 Å². The summed E-state index contributed by atoms with van der Waals surface area (Å²) in [7, 11) is 0. The maximum Gasteiger partial charge on any atom is 0.335 e. The number of carbonyl (C=O) groups is 4. The molecule has 0 aromatic carbocycles. The molecule has 69 heavy (non-hydrogen) atoms. The van der Waals surface area contributed by atoms with Crippen molar-refractivity contribution in [1.29, 1.82) is 0 Å². The summed E-state index contributed by atoms with van der Waals surface area (Å²) in [6.45, 7) is 5.76. The number of carboxylic acid groups (broad SMARTS) is 1. The lowest BCUT2D eigenvalue weighted by atomic mass is 9.98. The van der Waals surface area contributed by atoms with E-state index in [2.05, 4.69) is 69.4 Å². The van der Waals surface area contributed by atoms with Crippen LogP contribution in [0.15, 0.2) is 72.9 Å². The molecule has 1 heterocycles. The maximum atomic E-state index is 13.0. The van der Waals surface area contributed by atoms with Gasteiger partial charge in [0.05, 0.1) is 13.0 Å². The molecule has 0 bridgehead atoms. The molecule has 0 spiro atoms. The van der Waals surface area contributed by atoms with E-state index in [0.29, 0.717) is 19.3 Å². The Labute approximate surface area is 417 Å². The molecule has 3 N–H and O–H groups in total. The van der Waals surface area contributed by atoms with Gasteiger partial charge in [0.15, 0.2) is 24.6 Å². The molecule has 12 heteroatoms. The van der Waals surface area contributed by atoms with Gasteiger partial charge >= 0.3 is 23.9 Å². The van der Waals surface area contributed by atoms with E-state index in [0.717, 1.165) is 83.5 Å². The van der Waals surface area contributed by atoms with Gasteiger partial charge in [-0.25, -0.2) is 4.79 Å². The minimum atomic E-state index is -1.93. The lowest BCUT2D eigenvalue weighted by Gasteiger charge is -2.40. The quantitative estimate of drug-likeness (QED) is 0.0228. The Morgan fingerprint density at radius 3 is 1.49 bits per heavy atom. The fraction of sp³-hybridized carbons (Fsp3) is 0.719. The zero-order valence-electron chi connectivity index (χ0n) is 43.0. The van der Waals surface area contributed by atoms with E-state index in [4.69, 9.17) is 23.7 Å². The topological polar surface area (TPSA) is 175 Å². The van der Waals surface area contributed by atoms with Crippen molar-refractivity contribution >= 4 is 23.9 Å². The molecule has 1 aliphatic rings. The van der Waals surface area contributed by atoms with Gasteiger partial charge in [-0.1, -0.05) is 203 Å². The molecule has 394 valence electrons. The van der Waals surface area contributed by atoms with Gasteiger partial charge < -0.3 is 39.0 Å². The summed E-state index contributed by atoms with van der Waals surface area (Å²) in [6, 6.07) is 0. The molecule has 0 aliphatic carbocycles. The third-order valence-electron chi connectivity index (χ3n) is 11.8. The minimum absolute atomic E-state index is 0.141. The molecule has 0 radical (unpaired) electrons. The molecule has 12 nitrogen and oxygen atoms in total. The standard InChI is InChI=1S/C57H94O12/c1-4-7-10-13-16-19-22-24-25-27-30-33-36-39-42-45-51(60)68-55-53(62)52(61)54(56(63)64)69-57(55)66-47-48(67-50(59)44-41-38-35-32-28-21-18-15-12-9-6-3)46-65-49(58)43-40-37-34-31-29-26-23-20-17-14-11-8-5-2/h7,10,15-16,18-19,24-25,30,33,39,42,48,52-55,57,61-62H,4-6,8-9,11-14,17,20-23,26-29,31-32,34-38,40-41,43-47H2,1-3H3,(H,63,64)/b10-7-,18-15-,19-16-,25-24-,33-30-,42-39-. The minimum Gasteiger partial charge on any atom is -0.479 e. The third-order valence-corrected chi connectivity index (χ3v) is 11.8. The van der Waals surface area contributed by atoms with Crippen LogP contribution in [0.1, 0.15) is 213 Å². The van der Waals surface area contributed by atoms with Gasteiger partial charge in [-0.3, -0.25) is 14.4 Å². The average molecular weight is 971 g/mol. The summed E-state index contributed by atoms with van der Waals surface area (Å²) < 4.78 is 28.2. The lowest BCUT2D eigenvalue weighted by molar-refractivity contribution is -0.301. The van der Waals surface area contributed by atoms with E-state index in [-0.39, 0.29) is 25.9 Å². The summed E-state index contributed by atoms with van der Waals surface area (Å²) in [5, 5.41) is 31.3. The first-order valence-corrected chi connectivity index (χ1v) is 26.9. The maximum absolute atomic E-state index is 13.0. The number of carboxylic acids is 1. The number of hydrogen-bond acceptors (Lipinski definition) is 11. The Morgan fingerprint density at radius 1 is 0.507 bits per heavy atom. The van der Waals surface area contributed by atoms with Crippen LogP contribution in [-0.4, -0.2) is 89.2 Å². The second-order valence-electron chi connectivity index (χ2n) is 18.2. The van der Waals surface area contributed by atoms with E-state index in [1.165, 1.54) is 70.6 Å². The molecule has 6 atom stereocenters. The summed E-state index contributed by atoms with van der Waals surface area (Å²) >= 11 is 0. The van der Waals surface area contributed by atoms with Crippen molar-refractivity contribution in [2.24, 2.45) is 0 Å². The van der Waals surface area contributed by atoms with Gasteiger partial charge in [0.1, 0.15) is 18.8 Å². The second-order valence-corrected chi connectivity index (χ2v) is 18.2. The highest BCUT2D eigenvalue weighted by Gasteiger charge is 2.50. The van der Waals surface area contributed by atoms with E-state index in [1.54, 1.807) is 12.2 Å². The number of allylic oxidation sites excluding steroid dienone is 11. The van der Waals surface area contributed by atoms with Crippen LogP contribution in [0, 0.1) is 0 Å². The average Bonchev–Trinajstić information content (AvgIpc) is 3.33. The number of aliphatic carboxylic acids is 1. The predicted molar refractivity (Wildman–Crippen MR) is 275 cm³/mol. The molecule has 1 aliphatic heterocycles. The molecule has 6 unspecified atom stereocenters. The summed E-state index contributed by atoms with van der Waals surface area (Å²) in [4.78, 5) is 50.8. The van der Waals surface area contributed by atoms with Crippen molar-refractivity contribution in [3.63, 3.8) is 0 Å². The van der Waals surface area contributed by atoms with Crippen molar-refractivity contribution in [3.8, 4) is 0 Å². The van der Waals surface area contributed by atoms with Crippen LogP contribution < -0.4 is 0 Å². The predicted octanol–water partition coefficient (Wildman–Crippen LogP) is 13.0. The van der Waals surface area contributed by atoms with Gasteiger partial charge in [0.2, 0.25) is 0 Å². The van der Waals surface area contributed by atoms with Crippen LogP contribution in [0.4, 0.5) is 0 Å². The van der Waals surface area contributed by atoms with Crippen LogP contribution in [0.3, 0.4) is 0 Å². The molecule has 0 aromatic heterocycles. The van der Waals surface area contributed by atoms with Crippen molar-refractivity contribution in [3.05, 3.63) is 72.9 Å². The molecule has 0 saturated carbocycles. The second kappa shape index (κ2) is 45.3. The van der Waals surface area contributed by atoms with Crippen molar-refractivity contribution < 1.29 is 58.2 Å². The fourth-order valence-electron chi connectivity index (χ4n) is 7.66. The monoisotopic (exact) mass is 971 g/mol. The molecule has 1 fully saturated rings. The largest absolute Gasteiger partial charge is 0.479 e. The lowest BCUT2D eigenvalue weighted by Crippen LogP contribution is -2.61. The Kier molecular flexibility index (Phi) is 41.5. The first-order chi connectivity index (χ1) is 33.6.